The van der Waals surface area contributed by atoms with Crippen LogP contribution in [0.25, 0.3) is 0 Å². The number of rotatable bonds is 3. The van der Waals surface area contributed by atoms with Crippen molar-refractivity contribution in [3.05, 3.63) is 39.2 Å². The molecule has 2 aromatic rings. The zero-order valence-corrected chi connectivity index (χ0v) is 11.2. The van der Waals surface area contributed by atoms with Gasteiger partial charge in [-0.3, -0.25) is 4.57 Å². The van der Waals surface area contributed by atoms with Crippen molar-refractivity contribution >= 4 is 11.3 Å². The Morgan fingerprint density at radius 2 is 2.18 bits per heavy atom. The van der Waals surface area contributed by atoms with Gasteiger partial charge in [0.25, 0.3) is 0 Å². The summed E-state index contributed by atoms with van der Waals surface area (Å²) < 4.78 is 3.20. The van der Waals surface area contributed by atoms with Crippen LogP contribution >= 0.6 is 11.3 Å². The third-order valence-corrected chi connectivity index (χ3v) is 3.48. The average molecular weight is 251 g/mol. The smallest absolute Gasteiger partial charge is 0.281 e. The molecule has 0 aliphatic carbocycles. The van der Waals surface area contributed by atoms with E-state index in [9.17, 15) is 4.79 Å². The quantitative estimate of drug-likeness (QED) is 0.838. The molecule has 0 aromatic carbocycles. The number of nitrogens with zero attached hydrogens (tertiary/aromatic N) is 3. The van der Waals surface area contributed by atoms with Crippen LogP contribution in [0.2, 0.25) is 0 Å². The van der Waals surface area contributed by atoms with E-state index in [2.05, 4.69) is 16.5 Å². The van der Waals surface area contributed by atoms with Crippen LogP contribution < -0.4 is 5.69 Å². The molecule has 0 atom stereocenters. The Hall–Kier alpha value is -1.36. The van der Waals surface area contributed by atoms with E-state index >= 15 is 0 Å². The van der Waals surface area contributed by atoms with Gasteiger partial charge in [0, 0.05) is 11.4 Å². The third-order valence-electron chi connectivity index (χ3n) is 2.55. The number of aryl methyl sites for hydroxylation is 2. The Morgan fingerprint density at radius 3 is 2.71 bits per heavy atom. The molecule has 2 aromatic heterocycles. The molecule has 4 nitrogen and oxygen atoms in total. The Labute approximate surface area is 105 Å². The van der Waals surface area contributed by atoms with E-state index in [1.165, 1.54) is 9.56 Å². The van der Waals surface area contributed by atoms with E-state index in [-0.39, 0.29) is 11.2 Å². The van der Waals surface area contributed by atoms with Crippen LogP contribution in [-0.4, -0.2) is 14.3 Å². The maximum Gasteiger partial charge on any atom is 0.346 e. The van der Waals surface area contributed by atoms with E-state index in [4.69, 9.17) is 0 Å². The second-order valence-corrected chi connectivity index (χ2v) is 6.05. The largest absolute Gasteiger partial charge is 0.346 e. The number of thiophene rings is 1. The van der Waals surface area contributed by atoms with Gasteiger partial charge in [0.15, 0.2) is 0 Å². The molecule has 0 amide bonds. The van der Waals surface area contributed by atoms with Crippen molar-refractivity contribution in [2.24, 2.45) is 0 Å². The molecule has 0 spiro atoms. The maximum atomic E-state index is 12.0. The molecular formula is C12H17N3OS. The predicted molar refractivity (Wildman–Crippen MR) is 69.5 cm³/mol. The lowest BCUT2D eigenvalue weighted by Gasteiger charge is -2.16. The first kappa shape index (κ1) is 12.1. The van der Waals surface area contributed by atoms with Crippen LogP contribution in [0, 0.1) is 0 Å². The van der Waals surface area contributed by atoms with Crippen LogP contribution in [-0.2, 0) is 18.5 Å². The molecule has 5 heteroatoms. The molecule has 92 valence electrons. The number of hydrogen-bond acceptors (Lipinski definition) is 3. The van der Waals surface area contributed by atoms with Crippen molar-refractivity contribution in [3.63, 3.8) is 0 Å². The molecule has 0 aliphatic rings. The third kappa shape index (κ3) is 2.66. The molecule has 17 heavy (non-hydrogen) atoms. The van der Waals surface area contributed by atoms with Crippen LogP contribution in [0.15, 0.2) is 28.6 Å². The minimum Gasteiger partial charge on any atom is -0.281 e. The fourth-order valence-electron chi connectivity index (χ4n) is 1.63. The van der Waals surface area contributed by atoms with E-state index in [0.717, 1.165) is 6.42 Å². The molecule has 0 saturated carbocycles. The highest BCUT2D eigenvalue weighted by atomic mass is 32.1. The zero-order chi connectivity index (χ0) is 12.5. The Morgan fingerprint density at radius 1 is 1.41 bits per heavy atom. The predicted octanol–water partition coefficient (Wildman–Crippen LogP) is 2.10. The molecule has 0 bridgehead atoms. The standard InChI is InChI=1S/C12H17N3OS/c1-12(2,3)15-11(16)14(9-13-15)7-6-10-5-4-8-17-10/h4-5,8-9H,6-7H2,1-3H3. The zero-order valence-electron chi connectivity index (χ0n) is 10.4. The molecule has 0 aliphatic heterocycles. The van der Waals surface area contributed by atoms with Gasteiger partial charge in [-0.05, 0) is 38.6 Å². The number of hydrogen-bond donors (Lipinski definition) is 0. The normalized spacial score (nSPS) is 11.9. The summed E-state index contributed by atoms with van der Waals surface area (Å²) >= 11 is 1.72. The molecule has 0 N–H and O–H groups in total. The van der Waals surface area contributed by atoms with Crippen molar-refractivity contribution in [2.45, 2.75) is 39.3 Å². The Kier molecular flexibility index (Phi) is 3.19. The van der Waals surface area contributed by atoms with Crippen molar-refractivity contribution < 1.29 is 0 Å². The molecule has 0 saturated heterocycles. The van der Waals surface area contributed by atoms with E-state index in [1.807, 2.05) is 26.8 Å². The van der Waals surface area contributed by atoms with Crippen LogP contribution in [0.4, 0.5) is 0 Å². The van der Waals surface area contributed by atoms with Gasteiger partial charge >= 0.3 is 5.69 Å². The minimum atomic E-state index is -0.259. The lowest BCUT2D eigenvalue weighted by atomic mass is 10.1. The first-order chi connectivity index (χ1) is 7.98. The second kappa shape index (κ2) is 4.49. The molecular weight excluding hydrogens is 234 g/mol. The molecule has 2 heterocycles. The van der Waals surface area contributed by atoms with Gasteiger partial charge in [0.2, 0.25) is 0 Å². The summed E-state index contributed by atoms with van der Waals surface area (Å²) in [5, 5.41) is 6.21. The van der Waals surface area contributed by atoms with Gasteiger partial charge in [0.05, 0.1) is 5.54 Å². The van der Waals surface area contributed by atoms with Crippen LogP contribution in [0.1, 0.15) is 25.6 Å². The summed E-state index contributed by atoms with van der Waals surface area (Å²) in [5.74, 6) is 0. The first-order valence-electron chi connectivity index (χ1n) is 5.66. The first-order valence-corrected chi connectivity index (χ1v) is 6.54. The number of aromatic nitrogens is 3. The van der Waals surface area contributed by atoms with Gasteiger partial charge in [-0.2, -0.15) is 5.10 Å². The summed E-state index contributed by atoms with van der Waals surface area (Å²) in [6, 6.07) is 4.12. The SMILES string of the molecule is CC(C)(C)n1ncn(CCc2cccs2)c1=O. The lowest BCUT2D eigenvalue weighted by molar-refractivity contribution is 0.340. The lowest BCUT2D eigenvalue weighted by Crippen LogP contribution is -2.35. The topological polar surface area (TPSA) is 39.8 Å². The monoisotopic (exact) mass is 251 g/mol. The van der Waals surface area contributed by atoms with E-state index in [1.54, 1.807) is 22.2 Å². The fourth-order valence-corrected chi connectivity index (χ4v) is 2.33. The highest BCUT2D eigenvalue weighted by molar-refractivity contribution is 7.09. The van der Waals surface area contributed by atoms with Gasteiger partial charge in [-0.1, -0.05) is 6.07 Å². The summed E-state index contributed by atoms with van der Waals surface area (Å²) in [7, 11) is 0. The van der Waals surface area contributed by atoms with Gasteiger partial charge in [-0.15, -0.1) is 11.3 Å². The second-order valence-electron chi connectivity index (χ2n) is 5.02. The fraction of sp³-hybridized carbons (Fsp3) is 0.500. The van der Waals surface area contributed by atoms with E-state index < -0.39 is 0 Å². The minimum absolute atomic E-state index is 0.0333. The average Bonchev–Trinajstić information content (AvgIpc) is 2.83. The summed E-state index contributed by atoms with van der Waals surface area (Å²) in [6.45, 7) is 6.62. The highest BCUT2D eigenvalue weighted by Crippen LogP contribution is 2.10. The van der Waals surface area contributed by atoms with Crippen LogP contribution in [0.3, 0.4) is 0 Å². The molecule has 0 unspecified atom stereocenters. The van der Waals surface area contributed by atoms with Crippen LogP contribution in [0.5, 0.6) is 0 Å². The molecule has 2 rings (SSSR count). The molecule has 0 radical (unpaired) electrons. The van der Waals surface area contributed by atoms with Crippen molar-refractivity contribution in [1.29, 1.82) is 0 Å². The Bertz CT molecular complexity index is 531. The summed E-state index contributed by atoms with van der Waals surface area (Å²) in [6.07, 6.45) is 2.51. The van der Waals surface area contributed by atoms with Gasteiger partial charge < -0.3 is 0 Å². The van der Waals surface area contributed by atoms with Crippen molar-refractivity contribution in [1.82, 2.24) is 14.3 Å². The van der Waals surface area contributed by atoms with Gasteiger partial charge in [-0.25, -0.2) is 9.48 Å². The molecule has 0 fully saturated rings. The van der Waals surface area contributed by atoms with Crippen molar-refractivity contribution in [2.75, 3.05) is 0 Å². The van der Waals surface area contributed by atoms with Gasteiger partial charge in [0.1, 0.15) is 6.33 Å². The van der Waals surface area contributed by atoms with E-state index in [0.29, 0.717) is 6.54 Å². The maximum absolute atomic E-state index is 12.0. The van der Waals surface area contributed by atoms with Crippen molar-refractivity contribution in [3.8, 4) is 0 Å². The highest BCUT2D eigenvalue weighted by Gasteiger charge is 2.18. The summed E-state index contributed by atoms with van der Waals surface area (Å²) in [5.41, 5.74) is -0.292. The summed E-state index contributed by atoms with van der Waals surface area (Å²) in [4.78, 5) is 13.3. The Balaban J connectivity index is 2.13.